The molecule has 1 aliphatic rings. The van der Waals surface area contributed by atoms with Crippen LogP contribution >= 0.6 is 12.4 Å². The summed E-state index contributed by atoms with van der Waals surface area (Å²) >= 11 is 0. The number of hydrogen-bond donors (Lipinski definition) is 2. The van der Waals surface area contributed by atoms with Gasteiger partial charge in [-0.25, -0.2) is 4.79 Å². The fraction of sp³-hybridized carbons (Fsp3) is 0.818. The third-order valence-corrected chi connectivity index (χ3v) is 2.98. The first-order chi connectivity index (χ1) is 8.63. The Morgan fingerprint density at radius 2 is 1.79 bits per heavy atom. The van der Waals surface area contributed by atoms with Gasteiger partial charge in [-0.1, -0.05) is 0 Å². The lowest BCUT2D eigenvalue weighted by Crippen LogP contribution is -2.55. The normalized spacial score (nSPS) is 16.6. The molecule has 0 radical (unpaired) electrons. The number of nitrogens with zero attached hydrogens (tertiary/aromatic N) is 2. The molecule has 1 heterocycles. The first-order valence-corrected chi connectivity index (χ1v) is 6.18. The van der Waals surface area contributed by atoms with Gasteiger partial charge in [-0.05, 0) is 6.92 Å². The Balaban J connectivity index is 0.00000324. The van der Waals surface area contributed by atoms with Gasteiger partial charge in [-0.2, -0.15) is 0 Å². The van der Waals surface area contributed by atoms with E-state index >= 15 is 0 Å². The van der Waals surface area contributed by atoms with E-state index in [4.69, 9.17) is 10.5 Å². The zero-order chi connectivity index (χ0) is 13.5. The Morgan fingerprint density at radius 3 is 2.21 bits per heavy atom. The Bertz CT molecular complexity index is 292. The smallest absolute Gasteiger partial charge is 0.317 e. The number of ether oxygens (including phenoxy) is 1. The number of piperazine rings is 1. The van der Waals surface area contributed by atoms with Crippen LogP contribution in [0.1, 0.15) is 6.92 Å². The van der Waals surface area contributed by atoms with Crippen LogP contribution in [0.25, 0.3) is 0 Å². The number of urea groups is 1. The molecular formula is C11H23ClN4O3. The van der Waals surface area contributed by atoms with Crippen molar-refractivity contribution in [1.82, 2.24) is 15.1 Å². The number of nitrogens with one attached hydrogen (secondary N) is 1. The van der Waals surface area contributed by atoms with E-state index in [1.54, 1.807) is 9.80 Å². The van der Waals surface area contributed by atoms with Crippen molar-refractivity contribution in [2.24, 2.45) is 5.73 Å². The van der Waals surface area contributed by atoms with Gasteiger partial charge in [0.2, 0.25) is 0 Å². The molecule has 0 aliphatic carbocycles. The maximum absolute atomic E-state index is 12.0. The van der Waals surface area contributed by atoms with Gasteiger partial charge in [-0.15, -0.1) is 12.4 Å². The van der Waals surface area contributed by atoms with Crippen LogP contribution in [-0.4, -0.2) is 74.2 Å². The van der Waals surface area contributed by atoms with E-state index in [1.165, 1.54) is 7.11 Å². The minimum atomic E-state index is -0.582. The van der Waals surface area contributed by atoms with Crippen LogP contribution in [-0.2, 0) is 9.53 Å². The van der Waals surface area contributed by atoms with E-state index < -0.39 is 6.10 Å². The summed E-state index contributed by atoms with van der Waals surface area (Å²) in [4.78, 5) is 26.9. The SMILES string of the molecule is CCNC(=O)N1CCN(C(=O)C(CN)OC)CC1.Cl. The molecule has 19 heavy (non-hydrogen) atoms. The molecule has 7 nitrogen and oxygen atoms in total. The number of carbonyl (C=O) groups excluding carboxylic acids is 2. The molecular weight excluding hydrogens is 272 g/mol. The van der Waals surface area contributed by atoms with Crippen LogP contribution in [0.2, 0.25) is 0 Å². The molecule has 112 valence electrons. The maximum atomic E-state index is 12.0. The highest BCUT2D eigenvalue weighted by molar-refractivity contribution is 5.85. The van der Waals surface area contributed by atoms with Crippen molar-refractivity contribution >= 4 is 24.3 Å². The van der Waals surface area contributed by atoms with Crippen molar-refractivity contribution in [3.05, 3.63) is 0 Å². The van der Waals surface area contributed by atoms with E-state index in [0.717, 1.165) is 0 Å². The monoisotopic (exact) mass is 294 g/mol. The van der Waals surface area contributed by atoms with Crippen molar-refractivity contribution in [1.29, 1.82) is 0 Å². The summed E-state index contributed by atoms with van der Waals surface area (Å²) in [6, 6.07) is -0.0771. The van der Waals surface area contributed by atoms with Crippen LogP contribution < -0.4 is 11.1 Å². The summed E-state index contributed by atoms with van der Waals surface area (Å²) in [5.41, 5.74) is 5.46. The Kier molecular flexibility index (Phi) is 8.46. The average Bonchev–Trinajstić information content (AvgIpc) is 2.40. The van der Waals surface area contributed by atoms with Crippen molar-refractivity contribution in [2.75, 3.05) is 46.4 Å². The minimum Gasteiger partial charge on any atom is -0.370 e. The number of rotatable bonds is 4. The van der Waals surface area contributed by atoms with E-state index in [0.29, 0.717) is 32.7 Å². The maximum Gasteiger partial charge on any atom is 0.317 e. The molecule has 3 amide bonds. The van der Waals surface area contributed by atoms with Gasteiger partial charge in [0.05, 0.1) is 0 Å². The first kappa shape index (κ1) is 17.9. The molecule has 1 fully saturated rings. The summed E-state index contributed by atoms with van der Waals surface area (Å²) in [5, 5.41) is 2.74. The van der Waals surface area contributed by atoms with Crippen LogP contribution in [0.3, 0.4) is 0 Å². The van der Waals surface area contributed by atoms with Crippen molar-refractivity contribution in [3.63, 3.8) is 0 Å². The van der Waals surface area contributed by atoms with Gasteiger partial charge in [0.1, 0.15) is 6.10 Å². The number of carbonyl (C=O) groups is 2. The predicted molar refractivity (Wildman–Crippen MR) is 74.3 cm³/mol. The highest BCUT2D eigenvalue weighted by Crippen LogP contribution is 2.05. The van der Waals surface area contributed by atoms with Gasteiger partial charge in [0, 0.05) is 46.4 Å². The molecule has 1 aliphatic heterocycles. The summed E-state index contributed by atoms with van der Waals surface area (Å²) in [6.07, 6.45) is -0.582. The molecule has 0 spiro atoms. The molecule has 1 saturated heterocycles. The highest BCUT2D eigenvalue weighted by atomic mass is 35.5. The number of nitrogens with two attached hydrogens (primary N) is 1. The van der Waals surface area contributed by atoms with Crippen molar-refractivity contribution in [3.8, 4) is 0 Å². The molecule has 1 atom stereocenters. The number of amides is 3. The van der Waals surface area contributed by atoms with Crippen molar-refractivity contribution in [2.45, 2.75) is 13.0 Å². The van der Waals surface area contributed by atoms with Crippen LogP contribution in [0.4, 0.5) is 4.79 Å². The first-order valence-electron chi connectivity index (χ1n) is 6.18. The van der Waals surface area contributed by atoms with Gasteiger partial charge in [0.25, 0.3) is 5.91 Å². The summed E-state index contributed by atoms with van der Waals surface area (Å²) in [6.45, 7) is 4.79. The van der Waals surface area contributed by atoms with E-state index in [-0.39, 0.29) is 30.9 Å². The van der Waals surface area contributed by atoms with E-state index in [9.17, 15) is 9.59 Å². The van der Waals surface area contributed by atoms with Crippen molar-refractivity contribution < 1.29 is 14.3 Å². The zero-order valence-corrected chi connectivity index (χ0v) is 12.2. The molecule has 3 N–H and O–H groups in total. The largest absolute Gasteiger partial charge is 0.370 e. The fourth-order valence-electron chi connectivity index (χ4n) is 1.89. The van der Waals surface area contributed by atoms with Gasteiger partial charge in [0.15, 0.2) is 0 Å². The lowest BCUT2D eigenvalue weighted by Gasteiger charge is -2.35. The number of halogens is 1. The third kappa shape index (κ3) is 4.85. The molecule has 0 aromatic heterocycles. The van der Waals surface area contributed by atoms with Crippen LogP contribution in [0.5, 0.6) is 0 Å². The fourth-order valence-corrected chi connectivity index (χ4v) is 1.89. The molecule has 1 unspecified atom stereocenters. The van der Waals surface area contributed by atoms with Crippen LogP contribution in [0.15, 0.2) is 0 Å². The lowest BCUT2D eigenvalue weighted by atomic mass is 10.2. The summed E-state index contributed by atoms with van der Waals surface area (Å²) in [5.74, 6) is -0.101. The standard InChI is InChI=1S/C11H22N4O3.ClH/c1-3-13-11(17)15-6-4-14(5-7-15)10(16)9(8-12)18-2;/h9H,3-8,12H2,1-2H3,(H,13,17);1H. The summed E-state index contributed by atoms with van der Waals surface area (Å²) in [7, 11) is 1.47. The quantitative estimate of drug-likeness (QED) is 0.714. The molecule has 0 aromatic rings. The number of hydrogen-bond acceptors (Lipinski definition) is 4. The molecule has 0 aromatic carbocycles. The minimum absolute atomic E-state index is 0. The third-order valence-electron chi connectivity index (χ3n) is 2.98. The van der Waals surface area contributed by atoms with Gasteiger partial charge < -0.3 is 25.6 Å². The Labute approximate surface area is 119 Å². The lowest BCUT2D eigenvalue weighted by molar-refractivity contribution is -0.142. The van der Waals surface area contributed by atoms with E-state index in [1.807, 2.05) is 6.92 Å². The molecule has 1 rings (SSSR count). The second kappa shape index (κ2) is 8.95. The molecule has 0 bridgehead atoms. The Morgan fingerprint density at radius 1 is 1.26 bits per heavy atom. The average molecular weight is 295 g/mol. The summed E-state index contributed by atoms with van der Waals surface area (Å²) < 4.78 is 5.02. The van der Waals surface area contributed by atoms with E-state index in [2.05, 4.69) is 5.32 Å². The Hall–Kier alpha value is -1.05. The topological polar surface area (TPSA) is 87.9 Å². The predicted octanol–water partition coefficient (Wildman–Crippen LogP) is -0.744. The second-order valence-corrected chi connectivity index (χ2v) is 4.11. The second-order valence-electron chi connectivity index (χ2n) is 4.11. The highest BCUT2D eigenvalue weighted by Gasteiger charge is 2.27. The number of methoxy groups -OCH3 is 1. The van der Waals surface area contributed by atoms with Gasteiger partial charge >= 0.3 is 6.03 Å². The molecule has 8 heteroatoms. The van der Waals surface area contributed by atoms with Crippen LogP contribution in [0, 0.1) is 0 Å². The van der Waals surface area contributed by atoms with Gasteiger partial charge in [-0.3, -0.25) is 4.79 Å². The zero-order valence-electron chi connectivity index (χ0n) is 11.4. The molecule has 0 saturated carbocycles.